The van der Waals surface area contributed by atoms with Crippen LogP contribution in [-0.2, 0) is 6.42 Å². The van der Waals surface area contributed by atoms with Crippen LogP contribution >= 0.6 is 0 Å². The van der Waals surface area contributed by atoms with E-state index >= 15 is 0 Å². The standard InChI is InChI=1S/C19H24N2O/c1-2-4-16(5-3-1)14-17-6-8-19(9-7-17)22-13-10-18-15-20-11-12-21-18/h1-9,18,20-21H,10-15H2. The zero-order chi connectivity index (χ0) is 15.0. The Balaban J connectivity index is 1.45. The molecule has 3 heteroatoms. The molecule has 1 heterocycles. The summed E-state index contributed by atoms with van der Waals surface area (Å²) in [5.41, 5.74) is 2.66. The summed E-state index contributed by atoms with van der Waals surface area (Å²) in [6, 6.07) is 19.5. The van der Waals surface area contributed by atoms with Crippen molar-refractivity contribution in [3.05, 3.63) is 65.7 Å². The fourth-order valence-corrected chi connectivity index (χ4v) is 2.77. The lowest BCUT2D eigenvalue weighted by Crippen LogP contribution is -2.48. The lowest BCUT2D eigenvalue weighted by atomic mass is 10.1. The van der Waals surface area contributed by atoms with Gasteiger partial charge in [-0.2, -0.15) is 0 Å². The van der Waals surface area contributed by atoms with E-state index in [0.717, 1.165) is 44.8 Å². The second-order valence-electron chi connectivity index (χ2n) is 5.80. The van der Waals surface area contributed by atoms with Gasteiger partial charge >= 0.3 is 0 Å². The molecule has 1 atom stereocenters. The molecule has 3 rings (SSSR count). The van der Waals surface area contributed by atoms with Gasteiger partial charge in [-0.3, -0.25) is 0 Å². The Morgan fingerprint density at radius 2 is 1.68 bits per heavy atom. The molecule has 0 saturated carbocycles. The molecule has 1 aliphatic heterocycles. The highest BCUT2D eigenvalue weighted by Gasteiger charge is 2.11. The predicted molar refractivity (Wildman–Crippen MR) is 90.5 cm³/mol. The molecule has 1 aliphatic rings. The number of nitrogens with one attached hydrogen (secondary N) is 2. The van der Waals surface area contributed by atoms with Gasteiger partial charge in [-0.15, -0.1) is 0 Å². The summed E-state index contributed by atoms with van der Waals surface area (Å²) < 4.78 is 5.85. The number of rotatable bonds is 6. The Hall–Kier alpha value is -1.84. The van der Waals surface area contributed by atoms with Crippen LogP contribution in [0.3, 0.4) is 0 Å². The largest absolute Gasteiger partial charge is 0.494 e. The Labute approximate surface area is 132 Å². The van der Waals surface area contributed by atoms with E-state index in [4.69, 9.17) is 4.74 Å². The van der Waals surface area contributed by atoms with Crippen molar-refractivity contribution in [2.45, 2.75) is 18.9 Å². The summed E-state index contributed by atoms with van der Waals surface area (Å²) in [4.78, 5) is 0. The summed E-state index contributed by atoms with van der Waals surface area (Å²) >= 11 is 0. The number of hydrogen-bond acceptors (Lipinski definition) is 3. The summed E-state index contributed by atoms with van der Waals surface area (Å²) in [5, 5.41) is 6.90. The minimum atomic E-state index is 0.533. The summed E-state index contributed by atoms with van der Waals surface area (Å²) in [7, 11) is 0. The average molecular weight is 296 g/mol. The maximum atomic E-state index is 5.85. The van der Waals surface area contributed by atoms with Gasteiger partial charge in [0, 0.05) is 25.7 Å². The maximum Gasteiger partial charge on any atom is 0.119 e. The maximum absolute atomic E-state index is 5.85. The molecular weight excluding hydrogens is 272 g/mol. The molecule has 116 valence electrons. The number of hydrogen-bond donors (Lipinski definition) is 2. The van der Waals surface area contributed by atoms with Gasteiger partial charge in [-0.1, -0.05) is 42.5 Å². The minimum Gasteiger partial charge on any atom is -0.494 e. The van der Waals surface area contributed by atoms with Gasteiger partial charge in [-0.25, -0.2) is 0 Å². The average Bonchev–Trinajstić information content (AvgIpc) is 2.58. The van der Waals surface area contributed by atoms with E-state index in [1.165, 1.54) is 11.1 Å². The number of piperazine rings is 1. The van der Waals surface area contributed by atoms with Gasteiger partial charge in [0.05, 0.1) is 6.61 Å². The predicted octanol–water partition coefficient (Wildman–Crippen LogP) is 2.61. The summed E-state index contributed by atoms with van der Waals surface area (Å²) in [5.74, 6) is 0.959. The van der Waals surface area contributed by atoms with Crippen LogP contribution in [0.4, 0.5) is 0 Å². The van der Waals surface area contributed by atoms with E-state index in [0.29, 0.717) is 6.04 Å². The van der Waals surface area contributed by atoms with Crippen LogP contribution in [-0.4, -0.2) is 32.3 Å². The molecule has 0 radical (unpaired) electrons. The smallest absolute Gasteiger partial charge is 0.119 e. The van der Waals surface area contributed by atoms with Gasteiger partial charge < -0.3 is 15.4 Å². The molecule has 0 aliphatic carbocycles. The highest BCUT2D eigenvalue weighted by Crippen LogP contribution is 2.15. The molecule has 3 nitrogen and oxygen atoms in total. The Bertz CT molecular complexity index is 547. The first-order chi connectivity index (χ1) is 10.9. The number of benzene rings is 2. The molecule has 1 saturated heterocycles. The Morgan fingerprint density at radius 3 is 2.41 bits per heavy atom. The molecule has 1 unspecified atom stereocenters. The first-order valence-electron chi connectivity index (χ1n) is 8.10. The van der Waals surface area contributed by atoms with Gasteiger partial charge in [0.2, 0.25) is 0 Å². The van der Waals surface area contributed by atoms with Crippen LogP contribution in [0.1, 0.15) is 17.5 Å². The van der Waals surface area contributed by atoms with Gasteiger partial charge in [0.1, 0.15) is 5.75 Å². The molecule has 2 N–H and O–H groups in total. The quantitative estimate of drug-likeness (QED) is 0.859. The van der Waals surface area contributed by atoms with E-state index in [1.807, 2.05) is 0 Å². The third-order valence-corrected chi connectivity index (χ3v) is 4.03. The molecule has 2 aromatic carbocycles. The van der Waals surface area contributed by atoms with Gasteiger partial charge in [0.25, 0.3) is 0 Å². The van der Waals surface area contributed by atoms with Crippen LogP contribution < -0.4 is 15.4 Å². The molecule has 2 aromatic rings. The minimum absolute atomic E-state index is 0.533. The van der Waals surface area contributed by atoms with Crippen LogP contribution in [0.5, 0.6) is 5.75 Å². The van der Waals surface area contributed by atoms with E-state index in [9.17, 15) is 0 Å². The molecule has 0 spiro atoms. The fourth-order valence-electron chi connectivity index (χ4n) is 2.77. The zero-order valence-corrected chi connectivity index (χ0v) is 12.9. The monoisotopic (exact) mass is 296 g/mol. The van der Waals surface area contributed by atoms with Gasteiger partial charge in [-0.05, 0) is 36.1 Å². The SMILES string of the molecule is c1ccc(Cc2ccc(OCCC3CNCCN3)cc2)cc1. The van der Waals surface area contributed by atoms with Crippen LogP contribution in [0, 0.1) is 0 Å². The second kappa shape index (κ2) is 7.97. The van der Waals surface area contributed by atoms with Crippen molar-refractivity contribution in [3.63, 3.8) is 0 Å². The molecule has 0 amide bonds. The summed E-state index contributed by atoms with van der Waals surface area (Å²) in [6.07, 6.45) is 2.01. The third kappa shape index (κ3) is 4.58. The van der Waals surface area contributed by atoms with E-state index in [-0.39, 0.29) is 0 Å². The highest BCUT2D eigenvalue weighted by atomic mass is 16.5. The molecule has 22 heavy (non-hydrogen) atoms. The third-order valence-electron chi connectivity index (χ3n) is 4.03. The topological polar surface area (TPSA) is 33.3 Å². The zero-order valence-electron chi connectivity index (χ0n) is 12.9. The van der Waals surface area contributed by atoms with Crippen molar-refractivity contribution in [1.82, 2.24) is 10.6 Å². The molecule has 0 aromatic heterocycles. The van der Waals surface area contributed by atoms with Gasteiger partial charge in [0.15, 0.2) is 0 Å². The molecule has 0 bridgehead atoms. The van der Waals surface area contributed by atoms with Crippen molar-refractivity contribution >= 4 is 0 Å². The first-order valence-corrected chi connectivity index (χ1v) is 8.10. The van der Waals surface area contributed by atoms with E-state index in [1.54, 1.807) is 0 Å². The van der Waals surface area contributed by atoms with Crippen molar-refractivity contribution in [3.8, 4) is 5.75 Å². The second-order valence-corrected chi connectivity index (χ2v) is 5.80. The van der Waals surface area contributed by atoms with Crippen molar-refractivity contribution in [2.75, 3.05) is 26.2 Å². The Kier molecular flexibility index (Phi) is 5.46. The van der Waals surface area contributed by atoms with E-state index < -0.39 is 0 Å². The summed E-state index contributed by atoms with van der Waals surface area (Å²) in [6.45, 7) is 3.93. The van der Waals surface area contributed by atoms with Crippen molar-refractivity contribution in [1.29, 1.82) is 0 Å². The Morgan fingerprint density at radius 1 is 0.909 bits per heavy atom. The molecular formula is C19H24N2O. The normalized spacial score (nSPS) is 18.1. The number of ether oxygens (including phenoxy) is 1. The molecule has 1 fully saturated rings. The highest BCUT2D eigenvalue weighted by molar-refractivity contribution is 5.31. The van der Waals surface area contributed by atoms with E-state index in [2.05, 4.69) is 65.2 Å². The van der Waals surface area contributed by atoms with Crippen LogP contribution in [0.2, 0.25) is 0 Å². The van der Waals surface area contributed by atoms with Crippen LogP contribution in [0.25, 0.3) is 0 Å². The lowest BCUT2D eigenvalue weighted by molar-refractivity contribution is 0.273. The van der Waals surface area contributed by atoms with Crippen molar-refractivity contribution in [2.24, 2.45) is 0 Å². The van der Waals surface area contributed by atoms with Crippen LogP contribution in [0.15, 0.2) is 54.6 Å². The van der Waals surface area contributed by atoms with Crippen molar-refractivity contribution < 1.29 is 4.74 Å². The lowest BCUT2D eigenvalue weighted by Gasteiger charge is -2.24. The fraction of sp³-hybridized carbons (Fsp3) is 0.368. The first kappa shape index (κ1) is 15.1.